The molecule has 7 heteroatoms. The molecule has 8 rings (SSSR count). The number of alkyl halides is 3. The summed E-state index contributed by atoms with van der Waals surface area (Å²) in [5.41, 5.74) is 8.28. The van der Waals surface area contributed by atoms with Crippen molar-refractivity contribution in [2.45, 2.75) is 47.3 Å². The minimum absolute atomic E-state index is 0.0881. The molecule has 0 saturated carbocycles. The van der Waals surface area contributed by atoms with Crippen molar-refractivity contribution in [1.29, 1.82) is 0 Å². The first-order valence-corrected chi connectivity index (χ1v) is 34.3. The Morgan fingerprint density at radius 1 is 0.615 bits per heavy atom. The molecule has 6 aromatic carbocycles. The predicted octanol–water partition coefficient (Wildman–Crippen LogP) is 14.6. The van der Waals surface area contributed by atoms with E-state index in [0.29, 0.717) is 5.56 Å². The van der Waals surface area contributed by atoms with Gasteiger partial charge in [-0.1, -0.05) is 0 Å². The van der Waals surface area contributed by atoms with E-state index in [0.717, 1.165) is 66.1 Å². The van der Waals surface area contributed by atoms with E-state index in [4.69, 9.17) is 17.0 Å². The Morgan fingerprint density at radius 3 is 1.69 bits per heavy atom. The summed E-state index contributed by atoms with van der Waals surface area (Å²) in [5.74, 6) is -2.01. The maximum atomic E-state index is 15.3. The summed E-state index contributed by atoms with van der Waals surface area (Å²) in [6, 6.07) is 38.1. The molecule has 6 aromatic rings. The van der Waals surface area contributed by atoms with Gasteiger partial charge in [0.15, 0.2) is 0 Å². The third-order valence-corrected chi connectivity index (χ3v) is 63.7. The summed E-state index contributed by atoms with van der Waals surface area (Å²) in [6.45, 7) is 10.7. The fraction of sp³-hybridized carbons (Fsp3) is 0.200. The maximum absolute atomic E-state index is 15.3. The molecule has 0 nitrogen and oxygen atoms in total. The van der Waals surface area contributed by atoms with Crippen LogP contribution in [0.15, 0.2) is 126 Å². The van der Waals surface area contributed by atoms with Crippen molar-refractivity contribution in [2.75, 3.05) is 0 Å². The molecular weight excluding hydrogens is 788 g/mol. The van der Waals surface area contributed by atoms with Gasteiger partial charge in [0.2, 0.25) is 0 Å². The molecule has 2 aliphatic carbocycles. The summed E-state index contributed by atoms with van der Waals surface area (Å²) in [4.78, 5) is 0. The van der Waals surface area contributed by atoms with E-state index in [1.54, 1.807) is 6.07 Å². The van der Waals surface area contributed by atoms with Crippen LogP contribution in [0, 0.1) is 5.92 Å². The Morgan fingerprint density at radius 2 is 1.13 bits per heavy atom. The molecule has 2 aliphatic rings. The molecule has 0 saturated heterocycles. The van der Waals surface area contributed by atoms with E-state index in [9.17, 15) is 0 Å². The SMILES string of the molecule is CC1=Cc2c(-c3cccc4ccccc34)ccc(C(F)(F)F)c2[CH]1[Zr]([Cl])([Cl])([CH]1C(C(C)C)=Cc2c(-c3cccc4ccccc34)cccc21)[SiH](C)C. The van der Waals surface area contributed by atoms with Crippen molar-refractivity contribution in [1.82, 2.24) is 0 Å². The van der Waals surface area contributed by atoms with Gasteiger partial charge in [-0.05, 0) is 0 Å². The van der Waals surface area contributed by atoms with Gasteiger partial charge >= 0.3 is 315 Å². The van der Waals surface area contributed by atoms with Crippen LogP contribution < -0.4 is 0 Å². The fourth-order valence-corrected chi connectivity index (χ4v) is 41.4. The van der Waals surface area contributed by atoms with Crippen LogP contribution in [-0.4, -0.2) is 5.92 Å². The van der Waals surface area contributed by atoms with E-state index in [-0.39, 0.29) is 15.1 Å². The van der Waals surface area contributed by atoms with E-state index in [2.05, 4.69) is 87.6 Å². The predicted molar refractivity (Wildman–Crippen MR) is 216 cm³/mol. The van der Waals surface area contributed by atoms with Crippen LogP contribution in [0.5, 0.6) is 0 Å². The molecule has 263 valence electrons. The number of benzene rings is 6. The first-order valence-electron chi connectivity index (χ1n) is 18.0. The van der Waals surface area contributed by atoms with Gasteiger partial charge in [0, 0.05) is 0 Å². The van der Waals surface area contributed by atoms with Gasteiger partial charge in [-0.3, -0.25) is 0 Å². The molecule has 0 spiro atoms. The van der Waals surface area contributed by atoms with Crippen molar-refractivity contribution in [3.63, 3.8) is 0 Å². The van der Waals surface area contributed by atoms with Gasteiger partial charge in [0.05, 0.1) is 0 Å². The average Bonchev–Trinajstić information content (AvgIpc) is 3.70. The quantitative estimate of drug-likeness (QED) is 0.147. The molecule has 52 heavy (non-hydrogen) atoms. The van der Waals surface area contributed by atoms with Crippen LogP contribution in [-0.2, 0) is 21.7 Å². The molecule has 0 N–H and O–H groups in total. The van der Waals surface area contributed by atoms with E-state index in [1.807, 2.05) is 61.5 Å². The summed E-state index contributed by atoms with van der Waals surface area (Å²) >= 11 is -5.52. The second-order valence-corrected chi connectivity index (χ2v) is 57.8. The van der Waals surface area contributed by atoms with E-state index < -0.39 is 36.8 Å². The number of fused-ring (bicyclic) bond motifs is 4. The van der Waals surface area contributed by atoms with Crippen LogP contribution in [0.25, 0.3) is 56.0 Å². The Bertz CT molecular complexity index is 2480. The van der Waals surface area contributed by atoms with Gasteiger partial charge in [-0.2, -0.15) is 0 Å². The summed E-state index contributed by atoms with van der Waals surface area (Å²) in [7, 11) is 17.1. The van der Waals surface area contributed by atoms with Gasteiger partial charge in [0.1, 0.15) is 0 Å². The Balaban J connectivity index is 1.41. The molecule has 2 unspecified atom stereocenters. The number of hydrogen-bond acceptors (Lipinski definition) is 0. The number of hydrogen-bond donors (Lipinski definition) is 0. The van der Waals surface area contributed by atoms with Crippen LogP contribution in [0.3, 0.4) is 0 Å². The molecule has 0 aromatic heterocycles. The van der Waals surface area contributed by atoms with Crippen molar-refractivity contribution in [2.24, 2.45) is 5.92 Å². The van der Waals surface area contributed by atoms with Gasteiger partial charge in [-0.25, -0.2) is 0 Å². The van der Waals surface area contributed by atoms with Crippen LogP contribution in [0.1, 0.15) is 55.8 Å². The third-order valence-electron chi connectivity index (χ3n) is 11.8. The van der Waals surface area contributed by atoms with Crippen LogP contribution >= 0.6 is 17.0 Å². The van der Waals surface area contributed by atoms with Crippen LogP contribution in [0.2, 0.25) is 13.1 Å². The van der Waals surface area contributed by atoms with Crippen molar-refractivity contribution >= 4 is 56.6 Å². The molecule has 0 bridgehead atoms. The van der Waals surface area contributed by atoms with Gasteiger partial charge < -0.3 is 0 Å². The molecule has 0 radical (unpaired) electrons. The normalized spacial score (nSPS) is 18.0. The Labute approximate surface area is 312 Å². The first-order chi connectivity index (χ1) is 24.7. The second kappa shape index (κ2) is 12.7. The zero-order valence-electron chi connectivity index (χ0n) is 29.8. The summed E-state index contributed by atoms with van der Waals surface area (Å²) < 4.78 is 45.0. The molecule has 0 fully saturated rings. The summed E-state index contributed by atoms with van der Waals surface area (Å²) in [6.07, 6.45) is -0.329. The molecule has 0 aliphatic heterocycles. The third kappa shape index (κ3) is 5.32. The zero-order chi connectivity index (χ0) is 36.8. The Hall–Kier alpha value is -3.21. The minimum atomic E-state index is -5.52. The summed E-state index contributed by atoms with van der Waals surface area (Å²) in [5, 5.41) is 4.34. The second-order valence-electron chi connectivity index (χ2n) is 15.3. The average molecular weight is 828 g/mol. The topological polar surface area (TPSA) is 0 Å². The standard InChI is InChI=1S/C22H19.C21H14F3.C2H7Si.2ClH.Zr/c1-15(2)18-13-17-9-6-12-21(22(17)14-18)20-11-5-8-16-7-3-4-10-19(16)20;1-13-11-18-17(9-10-20(19(18)12-13)21(22,23)24)16-8-4-6-14-5-2-3-7-15(14)16;1-3-2;;;/h3-15H,1-2H3;2-12H,1H3;3H,1-2H3;2*1H;/q;;;;;+2/p-2. The van der Waals surface area contributed by atoms with Gasteiger partial charge in [0.25, 0.3) is 0 Å². The molecular formula is C45H40Cl2F3SiZr. The monoisotopic (exact) mass is 825 g/mol. The fourth-order valence-electron chi connectivity index (χ4n) is 9.36. The number of rotatable bonds is 6. The van der Waals surface area contributed by atoms with Crippen molar-refractivity contribution in [3.8, 4) is 22.3 Å². The van der Waals surface area contributed by atoms with Gasteiger partial charge in [-0.15, -0.1) is 0 Å². The number of allylic oxidation sites excluding steroid dienone is 2. The number of halogens is 5. The van der Waals surface area contributed by atoms with Crippen LogP contribution in [0.4, 0.5) is 13.2 Å². The zero-order valence-corrected chi connectivity index (χ0v) is 34.9. The molecule has 2 atom stereocenters. The van der Waals surface area contributed by atoms with Crippen molar-refractivity contribution in [3.05, 3.63) is 154 Å². The van der Waals surface area contributed by atoms with E-state index in [1.165, 1.54) is 6.07 Å². The van der Waals surface area contributed by atoms with Crippen molar-refractivity contribution < 1.29 is 28.7 Å². The van der Waals surface area contributed by atoms with E-state index >= 15 is 13.2 Å². The Kier molecular flexibility index (Phi) is 8.74. The molecule has 0 amide bonds. The molecule has 0 heterocycles. The first kappa shape index (κ1) is 35.8.